The van der Waals surface area contributed by atoms with E-state index in [-0.39, 0.29) is 19.1 Å². The van der Waals surface area contributed by atoms with Gasteiger partial charge in [0.15, 0.2) is 0 Å². The minimum absolute atomic E-state index is 0.174. The summed E-state index contributed by atoms with van der Waals surface area (Å²) in [6.45, 7) is 2.09. The number of rotatable bonds is 5. The van der Waals surface area contributed by atoms with Crippen LogP contribution in [-0.2, 0) is 11.8 Å². The molecule has 1 amide bonds. The van der Waals surface area contributed by atoms with Gasteiger partial charge < -0.3 is 14.7 Å². The standard InChI is InChI=1S/C11H18ClN3O3/c1-7-9(12)10(15(3)13-7)11(17)14(2)5-8(16)6-18-4/h8,16H,5-6H2,1-4H3. The fourth-order valence-electron chi connectivity index (χ4n) is 1.69. The summed E-state index contributed by atoms with van der Waals surface area (Å²) in [6.07, 6.45) is -0.725. The van der Waals surface area contributed by atoms with Crippen LogP contribution in [0.3, 0.4) is 0 Å². The summed E-state index contributed by atoms with van der Waals surface area (Å²) in [5.74, 6) is -0.279. The Morgan fingerprint density at radius 1 is 1.67 bits per heavy atom. The van der Waals surface area contributed by atoms with Crippen LogP contribution in [0.25, 0.3) is 0 Å². The van der Waals surface area contributed by atoms with Crippen molar-refractivity contribution >= 4 is 17.5 Å². The van der Waals surface area contributed by atoms with Crippen molar-refractivity contribution in [3.63, 3.8) is 0 Å². The van der Waals surface area contributed by atoms with E-state index in [1.54, 1.807) is 21.0 Å². The second-order valence-corrected chi connectivity index (χ2v) is 4.54. The second-order valence-electron chi connectivity index (χ2n) is 4.17. The number of aryl methyl sites for hydroxylation is 2. The molecule has 0 saturated heterocycles. The maximum Gasteiger partial charge on any atom is 0.273 e. The zero-order valence-corrected chi connectivity index (χ0v) is 11.7. The molecule has 6 nitrogen and oxygen atoms in total. The average Bonchev–Trinajstić information content (AvgIpc) is 2.52. The minimum atomic E-state index is -0.725. The zero-order valence-electron chi connectivity index (χ0n) is 11.0. The van der Waals surface area contributed by atoms with Gasteiger partial charge in [-0.15, -0.1) is 0 Å². The van der Waals surface area contributed by atoms with Gasteiger partial charge in [0.1, 0.15) is 5.69 Å². The van der Waals surface area contributed by atoms with Crippen LogP contribution in [0, 0.1) is 6.92 Å². The predicted molar refractivity (Wildman–Crippen MR) is 67.8 cm³/mol. The van der Waals surface area contributed by atoms with Crippen LogP contribution >= 0.6 is 11.6 Å². The van der Waals surface area contributed by atoms with Crippen molar-refractivity contribution in [1.82, 2.24) is 14.7 Å². The van der Waals surface area contributed by atoms with Crippen molar-refractivity contribution in [3.8, 4) is 0 Å². The van der Waals surface area contributed by atoms with Gasteiger partial charge in [0.2, 0.25) is 0 Å². The summed E-state index contributed by atoms with van der Waals surface area (Å²) < 4.78 is 6.25. The minimum Gasteiger partial charge on any atom is -0.389 e. The molecule has 0 bridgehead atoms. The lowest BCUT2D eigenvalue weighted by Gasteiger charge is -2.20. The number of halogens is 1. The number of methoxy groups -OCH3 is 1. The van der Waals surface area contributed by atoms with Gasteiger partial charge in [-0.3, -0.25) is 9.48 Å². The topological polar surface area (TPSA) is 67.6 Å². The molecular weight excluding hydrogens is 258 g/mol. The molecule has 1 N–H and O–H groups in total. The fourth-order valence-corrected chi connectivity index (χ4v) is 1.93. The second kappa shape index (κ2) is 6.17. The Morgan fingerprint density at radius 3 is 2.72 bits per heavy atom. The van der Waals surface area contributed by atoms with E-state index in [0.29, 0.717) is 16.4 Å². The van der Waals surface area contributed by atoms with Crippen molar-refractivity contribution < 1.29 is 14.6 Å². The third kappa shape index (κ3) is 3.22. The number of likely N-dealkylation sites (N-methyl/N-ethyl adjacent to an activating group) is 1. The highest BCUT2D eigenvalue weighted by molar-refractivity contribution is 6.34. The number of carbonyl (C=O) groups excluding carboxylic acids is 1. The van der Waals surface area contributed by atoms with Crippen LogP contribution in [0.15, 0.2) is 0 Å². The molecule has 7 heteroatoms. The average molecular weight is 276 g/mol. The molecule has 1 aromatic heterocycles. The highest BCUT2D eigenvalue weighted by Gasteiger charge is 2.23. The van der Waals surface area contributed by atoms with Crippen LogP contribution in [0.4, 0.5) is 0 Å². The summed E-state index contributed by atoms with van der Waals surface area (Å²) in [4.78, 5) is 13.6. The number of hydrogen-bond donors (Lipinski definition) is 1. The Morgan fingerprint density at radius 2 is 2.28 bits per heavy atom. The van der Waals surface area contributed by atoms with Gasteiger partial charge in [0, 0.05) is 27.7 Å². The predicted octanol–water partition coefficient (Wildman–Crippen LogP) is 0.461. The third-order valence-electron chi connectivity index (χ3n) is 2.54. The molecule has 1 atom stereocenters. The van der Waals surface area contributed by atoms with E-state index in [1.165, 1.54) is 16.7 Å². The first-order chi connectivity index (χ1) is 8.38. The Kier molecular flexibility index (Phi) is 5.13. The maximum atomic E-state index is 12.2. The van der Waals surface area contributed by atoms with Gasteiger partial charge in [0.25, 0.3) is 5.91 Å². The first-order valence-corrected chi connectivity index (χ1v) is 5.87. The molecule has 0 radical (unpaired) electrons. The number of aliphatic hydroxyl groups excluding tert-OH is 1. The molecule has 1 heterocycles. The van der Waals surface area contributed by atoms with Crippen molar-refractivity contribution in [2.75, 3.05) is 27.3 Å². The van der Waals surface area contributed by atoms with Crippen LogP contribution in [-0.4, -0.2) is 59.1 Å². The molecule has 1 aromatic rings. The van der Waals surface area contributed by atoms with Gasteiger partial charge in [-0.25, -0.2) is 0 Å². The van der Waals surface area contributed by atoms with E-state index in [0.717, 1.165) is 0 Å². The van der Waals surface area contributed by atoms with Crippen molar-refractivity contribution in [3.05, 3.63) is 16.4 Å². The lowest BCUT2D eigenvalue weighted by molar-refractivity contribution is 0.0376. The van der Waals surface area contributed by atoms with Crippen LogP contribution in [0.5, 0.6) is 0 Å². The van der Waals surface area contributed by atoms with E-state index in [4.69, 9.17) is 16.3 Å². The number of aliphatic hydroxyl groups is 1. The number of hydrogen-bond acceptors (Lipinski definition) is 4. The molecule has 1 unspecified atom stereocenters. The zero-order chi connectivity index (χ0) is 13.9. The quantitative estimate of drug-likeness (QED) is 0.848. The molecule has 0 aliphatic rings. The van der Waals surface area contributed by atoms with Crippen LogP contribution < -0.4 is 0 Å². The normalized spacial score (nSPS) is 12.6. The molecule has 0 aliphatic carbocycles. The van der Waals surface area contributed by atoms with Gasteiger partial charge >= 0.3 is 0 Å². The number of nitrogens with zero attached hydrogens (tertiary/aromatic N) is 3. The summed E-state index contributed by atoms with van der Waals surface area (Å²) in [5.41, 5.74) is 0.926. The molecule has 0 fully saturated rings. The largest absolute Gasteiger partial charge is 0.389 e. The number of carbonyl (C=O) groups is 1. The van der Waals surface area contributed by atoms with E-state index in [2.05, 4.69) is 5.10 Å². The van der Waals surface area contributed by atoms with Crippen molar-refractivity contribution in [2.24, 2.45) is 7.05 Å². The van der Waals surface area contributed by atoms with Crippen LogP contribution in [0.1, 0.15) is 16.2 Å². The maximum absolute atomic E-state index is 12.2. The number of amides is 1. The third-order valence-corrected chi connectivity index (χ3v) is 2.99. The van der Waals surface area contributed by atoms with Gasteiger partial charge in [0.05, 0.1) is 23.4 Å². The first-order valence-electron chi connectivity index (χ1n) is 5.50. The fraction of sp³-hybridized carbons (Fsp3) is 0.636. The van der Waals surface area contributed by atoms with E-state index in [1.807, 2.05) is 0 Å². The van der Waals surface area contributed by atoms with Crippen molar-refractivity contribution in [1.29, 1.82) is 0 Å². The molecule has 0 spiro atoms. The summed E-state index contributed by atoms with van der Waals surface area (Å²) in [5, 5.41) is 14.0. The highest BCUT2D eigenvalue weighted by Crippen LogP contribution is 2.20. The van der Waals surface area contributed by atoms with Gasteiger partial charge in [-0.05, 0) is 6.92 Å². The number of aromatic nitrogens is 2. The Balaban J connectivity index is 2.80. The Labute approximate surface area is 111 Å². The smallest absolute Gasteiger partial charge is 0.273 e. The Bertz CT molecular complexity index is 433. The van der Waals surface area contributed by atoms with Crippen molar-refractivity contribution in [2.45, 2.75) is 13.0 Å². The molecule has 0 aliphatic heterocycles. The SMILES string of the molecule is COCC(O)CN(C)C(=O)c1c(Cl)c(C)nn1C. The Hall–Kier alpha value is -1.11. The molecule has 0 saturated carbocycles. The summed E-state index contributed by atoms with van der Waals surface area (Å²) >= 11 is 6.03. The molecular formula is C11H18ClN3O3. The van der Waals surface area contributed by atoms with E-state index < -0.39 is 6.10 Å². The van der Waals surface area contributed by atoms with E-state index in [9.17, 15) is 9.90 Å². The first kappa shape index (κ1) is 14.9. The monoisotopic (exact) mass is 275 g/mol. The molecule has 18 heavy (non-hydrogen) atoms. The summed E-state index contributed by atoms with van der Waals surface area (Å²) in [7, 11) is 4.75. The van der Waals surface area contributed by atoms with E-state index >= 15 is 0 Å². The molecule has 0 aromatic carbocycles. The molecule has 1 rings (SSSR count). The van der Waals surface area contributed by atoms with Gasteiger partial charge in [-0.1, -0.05) is 11.6 Å². The lowest BCUT2D eigenvalue weighted by atomic mass is 10.3. The number of ether oxygens (including phenoxy) is 1. The highest BCUT2D eigenvalue weighted by atomic mass is 35.5. The molecule has 102 valence electrons. The summed E-state index contributed by atoms with van der Waals surface area (Å²) in [6, 6.07) is 0. The van der Waals surface area contributed by atoms with Gasteiger partial charge in [-0.2, -0.15) is 5.10 Å². The lowest BCUT2D eigenvalue weighted by Crippen LogP contribution is -2.37. The van der Waals surface area contributed by atoms with Crippen LogP contribution in [0.2, 0.25) is 5.02 Å².